The van der Waals surface area contributed by atoms with Crippen molar-refractivity contribution in [2.24, 2.45) is 0 Å². The Bertz CT molecular complexity index is 367. The van der Waals surface area contributed by atoms with Crippen molar-refractivity contribution in [3.05, 3.63) is 35.9 Å². The van der Waals surface area contributed by atoms with Gasteiger partial charge in [-0.25, -0.2) is 4.79 Å². The maximum Gasteiger partial charge on any atom is 0.405 e. The molecule has 1 atom stereocenters. The zero-order chi connectivity index (χ0) is 12.0. The summed E-state index contributed by atoms with van der Waals surface area (Å²) in [5, 5.41) is 10.8. The molecule has 1 aromatic rings. The maximum absolute atomic E-state index is 11.4. The van der Waals surface area contributed by atoms with E-state index in [2.05, 4.69) is 5.32 Å². The van der Waals surface area contributed by atoms with Gasteiger partial charge in [0.25, 0.3) is 0 Å². The van der Waals surface area contributed by atoms with E-state index >= 15 is 0 Å². The summed E-state index contributed by atoms with van der Waals surface area (Å²) in [4.78, 5) is 21.9. The van der Waals surface area contributed by atoms with Crippen LogP contribution in [0.4, 0.5) is 4.79 Å². The summed E-state index contributed by atoms with van der Waals surface area (Å²) < 4.78 is 0. The lowest BCUT2D eigenvalue weighted by atomic mass is 10.0. The highest BCUT2D eigenvalue weighted by atomic mass is 35.5. The van der Waals surface area contributed by atoms with Crippen molar-refractivity contribution in [1.82, 2.24) is 5.32 Å². The standard InChI is InChI=1S/C11H12ClNO3/c12-7-10(14)9(13-11(15)16)6-8-4-2-1-3-5-8/h1-5,9,13H,6-7H2,(H,15,16)/t9-/m0/s1. The lowest BCUT2D eigenvalue weighted by Gasteiger charge is -2.14. The van der Waals surface area contributed by atoms with Gasteiger partial charge < -0.3 is 10.4 Å². The second kappa shape index (κ2) is 6.12. The first-order valence-electron chi connectivity index (χ1n) is 4.75. The highest BCUT2D eigenvalue weighted by molar-refractivity contribution is 6.28. The Balaban J connectivity index is 2.70. The molecule has 2 N–H and O–H groups in total. The predicted molar refractivity (Wildman–Crippen MR) is 60.8 cm³/mol. The zero-order valence-electron chi connectivity index (χ0n) is 8.52. The van der Waals surface area contributed by atoms with Gasteiger partial charge in [-0.15, -0.1) is 11.6 Å². The molecule has 1 aromatic carbocycles. The number of alkyl halides is 1. The van der Waals surface area contributed by atoms with Gasteiger partial charge in [-0.2, -0.15) is 0 Å². The molecule has 86 valence electrons. The molecule has 0 saturated heterocycles. The molecule has 0 fully saturated rings. The Morgan fingerprint density at radius 1 is 1.31 bits per heavy atom. The molecule has 0 spiro atoms. The van der Waals surface area contributed by atoms with Crippen molar-refractivity contribution in [2.75, 3.05) is 5.88 Å². The van der Waals surface area contributed by atoms with Crippen molar-refractivity contribution < 1.29 is 14.7 Å². The van der Waals surface area contributed by atoms with E-state index < -0.39 is 12.1 Å². The maximum atomic E-state index is 11.4. The van der Waals surface area contributed by atoms with Gasteiger partial charge in [0.1, 0.15) is 0 Å². The first kappa shape index (κ1) is 12.5. The summed E-state index contributed by atoms with van der Waals surface area (Å²) in [7, 11) is 0. The number of Topliss-reactive ketones (excluding diaryl/α,β-unsaturated/α-hetero) is 1. The number of rotatable bonds is 5. The van der Waals surface area contributed by atoms with Crippen LogP contribution in [0.25, 0.3) is 0 Å². The van der Waals surface area contributed by atoms with Crippen LogP contribution in [0.3, 0.4) is 0 Å². The fourth-order valence-electron chi connectivity index (χ4n) is 1.34. The monoisotopic (exact) mass is 241 g/mol. The number of carboxylic acid groups (broad SMARTS) is 1. The van der Waals surface area contributed by atoms with Gasteiger partial charge in [-0.1, -0.05) is 30.3 Å². The van der Waals surface area contributed by atoms with Crippen LogP contribution in [-0.2, 0) is 11.2 Å². The van der Waals surface area contributed by atoms with E-state index in [0.29, 0.717) is 6.42 Å². The third-order valence-electron chi connectivity index (χ3n) is 2.10. The minimum absolute atomic E-state index is 0.197. The fraction of sp³-hybridized carbons (Fsp3) is 0.273. The van der Waals surface area contributed by atoms with Crippen LogP contribution in [0.2, 0.25) is 0 Å². The molecule has 0 radical (unpaired) electrons. The Morgan fingerprint density at radius 2 is 1.94 bits per heavy atom. The number of ketones is 1. The molecule has 16 heavy (non-hydrogen) atoms. The average molecular weight is 242 g/mol. The summed E-state index contributed by atoms with van der Waals surface area (Å²) in [6.07, 6.45) is -0.905. The Morgan fingerprint density at radius 3 is 2.44 bits per heavy atom. The highest BCUT2D eigenvalue weighted by Gasteiger charge is 2.19. The van der Waals surface area contributed by atoms with Crippen LogP contribution in [0.1, 0.15) is 5.56 Å². The highest BCUT2D eigenvalue weighted by Crippen LogP contribution is 2.04. The quantitative estimate of drug-likeness (QED) is 0.771. The Kier molecular flexibility index (Phi) is 4.79. The molecular weight excluding hydrogens is 230 g/mol. The minimum Gasteiger partial charge on any atom is -0.465 e. The number of hydrogen-bond acceptors (Lipinski definition) is 2. The van der Waals surface area contributed by atoms with Crippen LogP contribution in [0.5, 0.6) is 0 Å². The number of amides is 1. The second-order valence-electron chi connectivity index (χ2n) is 3.29. The fourth-order valence-corrected chi connectivity index (χ4v) is 1.52. The van der Waals surface area contributed by atoms with Crippen molar-refractivity contribution in [3.8, 4) is 0 Å². The SMILES string of the molecule is O=C(O)N[C@@H](Cc1ccccc1)C(=O)CCl. The van der Waals surface area contributed by atoms with E-state index in [1.165, 1.54) is 0 Å². The number of halogens is 1. The Hall–Kier alpha value is -1.55. The molecule has 0 heterocycles. The van der Waals surface area contributed by atoms with E-state index in [4.69, 9.17) is 16.7 Å². The van der Waals surface area contributed by atoms with Crippen molar-refractivity contribution in [1.29, 1.82) is 0 Å². The summed E-state index contributed by atoms with van der Waals surface area (Å²) in [6.45, 7) is 0. The van der Waals surface area contributed by atoms with Gasteiger partial charge in [0.2, 0.25) is 0 Å². The van der Waals surface area contributed by atoms with E-state index in [1.54, 1.807) is 0 Å². The third kappa shape index (κ3) is 3.90. The molecule has 5 heteroatoms. The lowest BCUT2D eigenvalue weighted by Crippen LogP contribution is -2.42. The molecule has 0 aliphatic heterocycles. The van der Waals surface area contributed by atoms with Crippen molar-refractivity contribution in [2.45, 2.75) is 12.5 Å². The summed E-state index contributed by atoms with van der Waals surface area (Å²) >= 11 is 5.41. The van der Waals surface area contributed by atoms with Gasteiger partial charge in [-0.05, 0) is 12.0 Å². The van der Waals surface area contributed by atoms with Gasteiger partial charge in [0, 0.05) is 0 Å². The number of hydrogen-bond donors (Lipinski definition) is 2. The zero-order valence-corrected chi connectivity index (χ0v) is 9.28. The van der Waals surface area contributed by atoms with Gasteiger partial charge in [0.05, 0.1) is 11.9 Å². The summed E-state index contributed by atoms with van der Waals surface area (Å²) in [5.74, 6) is -0.523. The first-order valence-corrected chi connectivity index (χ1v) is 5.29. The molecule has 0 bridgehead atoms. The van der Waals surface area contributed by atoms with Crippen LogP contribution < -0.4 is 5.32 Å². The molecule has 0 saturated carbocycles. The van der Waals surface area contributed by atoms with Gasteiger partial charge >= 0.3 is 6.09 Å². The smallest absolute Gasteiger partial charge is 0.405 e. The van der Waals surface area contributed by atoms with E-state index in [1.807, 2.05) is 30.3 Å². The molecule has 1 rings (SSSR count). The van der Waals surface area contributed by atoms with E-state index in [9.17, 15) is 9.59 Å². The molecule has 0 aliphatic carbocycles. The largest absolute Gasteiger partial charge is 0.465 e. The molecule has 0 aliphatic rings. The number of carbonyl (C=O) groups excluding carboxylic acids is 1. The third-order valence-corrected chi connectivity index (χ3v) is 2.36. The van der Waals surface area contributed by atoms with Crippen LogP contribution in [0, 0.1) is 0 Å². The predicted octanol–water partition coefficient (Wildman–Crippen LogP) is 1.67. The average Bonchev–Trinajstić information content (AvgIpc) is 2.28. The van der Waals surface area contributed by atoms with Crippen LogP contribution in [-0.4, -0.2) is 28.9 Å². The molecule has 0 aromatic heterocycles. The number of benzene rings is 1. The van der Waals surface area contributed by atoms with Gasteiger partial charge in [-0.3, -0.25) is 4.79 Å². The number of carbonyl (C=O) groups is 2. The minimum atomic E-state index is -1.22. The van der Waals surface area contributed by atoms with Crippen molar-refractivity contribution >= 4 is 23.5 Å². The van der Waals surface area contributed by atoms with E-state index in [0.717, 1.165) is 5.56 Å². The Labute approximate surface area is 98.2 Å². The second-order valence-corrected chi connectivity index (χ2v) is 3.56. The van der Waals surface area contributed by atoms with Crippen molar-refractivity contribution in [3.63, 3.8) is 0 Å². The van der Waals surface area contributed by atoms with Crippen LogP contribution >= 0.6 is 11.6 Å². The van der Waals surface area contributed by atoms with E-state index in [-0.39, 0.29) is 11.7 Å². The topological polar surface area (TPSA) is 66.4 Å². The molecule has 0 unspecified atom stereocenters. The molecule has 1 amide bonds. The first-order chi connectivity index (χ1) is 7.63. The molecular formula is C11H12ClNO3. The molecule has 4 nitrogen and oxygen atoms in total. The van der Waals surface area contributed by atoms with Crippen LogP contribution in [0.15, 0.2) is 30.3 Å². The summed E-state index contributed by atoms with van der Waals surface area (Å²) in [5.41, 5.74) is 0.889. The summed E-state index contributed by atoms with van der Waals surface area (Å²) in [6, 6.07) is 8.40. The lowest BCUT2D eigenvalue weighted by molar-refractivity contribution is -0.118. The normalized spacial score (nSPS) is 11.8. The van der Waals surface area contributed by atoms with Gasteiger partial charge in [0.15, 0.2) is 5.78 Å². The number of nitrogens with one attached hydrogen (secondary N) is 1.